The Morgan fingerprint density at radius 1 is 1.40 bits per heavy atom. The molecule has 1 aliphatic heterocycles. The Bertz CT molecular complexity index is 456. The van der Waals surface area contributed by atoms with E-state index >= 15 is 0 Å². The lowest BCUT2D eigenvalue weighted by atomic mass is 9.98. The molecular formula is C16H23FN2O. The Balaban J connectivity index is 1.83. The normalized spacial score (nSPS) is 18.8. The SMILES string of the molecule is CC1CCN(C(C)CNC(=O)c2ccccc2F)CC1. The van der Waals surface area contributed by atoms with E-state index in [1.807, 2.05) is 0 Å². The lowest BCUT2D eigenvalue weighted by Gasteiger charge is -2.35. The Kier molecular flexibility index (Phi) is 5.12. The van der Waals surface area contributed by atoms with Crippen LogP contribution in [-0.4, -0.2) is 36.5 Å². The average molecular weight is 278 g/mol. The van der Waals surface area contributed by atoms with Crippen LogP contribution in [0.4, 0.5) is 4.39 Å². The van der Waals surface area contributed by atoms with Crippen molar-refractivity contribution in [3.05, 3.63) is 35.6 Å². The fourth-order valence-electron chi connectivity index (χ4n) is 2.58. The van der Waals surface area contributed by atoms with E-state index in [-0.39, 0.29) is 11.5 Å². The van der Waals surface area contributed by atoms with Gasteiger partial charge in [0.2, 0.25) is 0 Å². The first-order chi connectivity index (χ1) is 9.58. The molecule has 1 aromatic rings. The maximum absolute atomic E-state index is 13.5. The largest absolute Gasteiger partial charge is 0.350 e. The number of halogens is 1. The zero-order valence-electron chi connectivity index (χ0n) is 12.2. The van der Waals surface area contributed by atoms with Crippen LogP contribution in [0.15, 0.2) is 24.3 Å². The van der Waals surface area contributed by atoms with Gasteiger partial charge in [-0.25, -0.2) is 4.39 Å². The third-order valence-electron chi connectivity index (χ3n) is 4.12. The van der Waals surface area contributed by atoms with Crippen LogP contribution in [0, 0.1) is 11.7 Å². The van der Waals surface area contributed by atoms with Gasteiger partial charge in [-0.15, -0.1) is 0 Å². The van der Waals surface area contributed by atoms with E-state index in [1.54, 1.807) is 12.1 Å². The first kappa shape index (κ1) is 15.0. The van der Waals surface area contributed by atoms with Crippen LogP contribution in [0.1, 0.15) is 37.0 Å². The van der Waals surface area contributed by atoms with Crippen molar-refractivity contribution in [2.75, 3.05) is 19.6 Å². The second kappa shape index (κ2) is 6.84. The predicted octanol–water partition coefficient (Wildman–Crippen LogP) is 2.68. The van der Waals surface area contributed by atoms with Gasteiger partial charge in [-0.3, -0.25) is 9.69 Å². The minimum atomic E-state index is -0.468. The van der Waals surface area contributed by atoms with Crippen molar-refractivity contribution in [1.82, 2.24) is 10.2 Å². The topological polar surface area (TPSA) is 32.3 Å². The van der Waals surface area contributed by atoms with Gasteiger partial charge in [0.05, 0.1) is 5.56 Å². The Morgan fingerprint density at radius 3 is 2.70 bits per heavy atom. The van der Waals surface area contributed by atoms with Crippen molar-refractivity contribution < 1.29 is 9.18 Å². The average Bonchev–Trinajstić information content (AvgIpc) is 2.45. The summed E-state index contributed by atoms with van der Waals surface area (Å²) < 4.78 is 13.5. The molecule has 0 radical (unpaired) electrons. The number of rotatable bonds is 4. The van der Waals surface area contributed by atoms with E-state index in [2.05, 4.69) is 24.1 Å². The molecule has 1 unspecified atom stereocenters. The zero-order chi connectivity index (χ0) is 14.5. The van der Waals surface area contributed by atoms with Crippen molar-refractivity contribution in [3.63, 3.8) is 0 Å². The molecule has 1 atom stereocenters. The molecule has 4 heteroatoms. The number of carbonyl (C=O) groups is 1. The molecule has 1 heterocycles. The van der Waals surface area contributed by atoms with Gasteiger partial charge < -0.3 is 5.32 Å². The Morgan fingerprint density at radius 2 is 2.05 bits per heavy atom. The number of benzene rings is 1. The standard InChI is InChI=1S/C16H23FN2O/c1-12-7-9-19(10-8-12)13(2)11-18-16(20)14-5-3-4-6-15(14)17/h3-6,12-13H,7-11H2,1-2H3,(H,18,20). The lowest BCUT2D eigenvalue weighted by Crippen LogP contribution is -2.45. The predicted molar refractivity (Wildman–Crippen MR) is 78.2 cm³/mol. The van der Waals surface area contributed by atoms with Crippen LogP contribution in [0.3, 0.4) is 0 Å². The van der Waals surface area contributed by atoms with Crippen molar-refractivity contribution in [1.29, 1.82) is 0 Å². The molecule has 0 bridgehead atoms. The molecule has 0 saturated carbocycles. The van der Waals surface area contributed by atoms with E-state index in [4.69, 9.17) is 0 Å². The molecule has 1 fully saturated rings. The van der Waals surface area contributed by atoms with Crippen LogP contribution in [0.25, 0.3) is 0 Å². The molecule has 1 saturated heterocycles. The number of amides is 1. The summed E-state index contributed by atoms with van der Waals surface area (Å²) in [6, 6.07) is 6.37. The van der Waals surface area contributed by atoms with Gasteiger partial charge >= 0.3 is 0 Å². The number of hydrogen-bond donors (Lipinski definition) is 1. The fraction of sp³-hybridized carbons (Fsp3) is 0.562. The fourth-order valence-corrected chi connectivity index (χ4v) is 2.58. The van der Waals surface area contributed by atoms with E-state index in [9.17, 15) is 9.18 Å². The first-order valence-corrected chi connectivity index (χ1v) is 7.34. The zero-order valence-corrected chi connectivity index (χ0v) is 12.2. The highest BCUT2D eigenvalue weighted by atomic mass is 19.1. The van der Waals surface area contributed by atoms with Crippen molar-refractivity contribution in [2.45, 2.75) is 32.7 Å². The van der Waals surface area contributed by atoms with E-state index in [0.29, 0.717) is 12.6 Å². The second-order valence-electron chi connectivity index (χ2n) is 5.76. The first-order valence-electron chi connectivity index (χ1n) is 7.34. The van der Waals surface area contributed by atoms with Crippen LogP contribution in [0.2, 0.25) is 0 Å². The summed E-state index contributed by atoms with van der Waals surface area (Å²) >= 11 is 0. The summed E-state index contributed by atoms with van der Waals surface area (Å²) in [7, 11) is 0. The molecule has 110 valence electrons. The number of nitrogens with one attached hydrogen (secondary N) is 1. The van der Waals surface area contributed by atoms with E-state index in [0.717, 1.165) is 19.0 Å². The number of carbonyl (C=O) groups excluding carboxylic acids is 1. The second-order valence-corrected chi connectivity index (χ2v) is 5.76. The van der Waals surface area contributed by atoms with Gasteiger partial charge in [0.1, 0.15) is 5.82 Å². The van der Waals surface area contributed by atoms with Gasteiger partial charge in [0.25, 0.3) is 5.91 Å². The minimum Gasteiger partial charge on any atom is -0.350 e. The monoisotopic (exact) mass is 278 g/mol. The highest BCUT2D eigenvalue weighted by molar-refractivity contribution is 5.94. The van der Waals surface area contributed by atoms with E-state index in [1.165, 1.54) is 25.0 Å². The molecule has 20 heavy (non-hydrogen) atoms. The molecule has 3 nitrogen and oxygen atoms in total. The van der Waals surface area contributed by atoms with Crippen LogP contribution in [-0.2, 0) is 0 Å². The Labute approximate surface area is 120 Å². The molecule has 2 rings (SSSR count). The van der Waals surface area contributed by atoms with Crippen molar-refractivity contribution >= 4 is 5.91 Å². The number of nitrogens with zero attached hydrogens (tertiary/aromatic N) is 1. The third-order valence-corrected chi connectivity index (χ3v) is 4.12. The summed E-state index contributed by atoms with van der Waals surface area (Å²) in [6.45, 7) is 7.11. The van der Waals surface area contributed by atoms with Gasteiger partial charge in [-0.2, -0.15) is 0 Å². The van der Waals surface area contributed by atoms with Gasteiger partial charge in [0, 0.05) is 12.6 Å². The maximum Gasteiger partial charge on any atom is 0.254 e. The van der Waals surface area contributed by atoms with Gasteiger partial charge in [-0.1, -0.05) is 19.1 Å². The van der Waals surface area contributed by atoms with Gasteiger partial charge in [0.15, 0.2) is 0 Å². The smallest absolute Gasteiger partial charge is 0.254 e. The van der Waals surface area contributed by atoms with E-state index < -0.39 is 5.82 Å². The highest BCUT2D eigenvalue weighted by Crippen LogP contribution is 2.17. The number of likely N-dealkylation sites (tertiary alicyclic amines) is 1. The molecular weight excluding hydrogens is 255 g/mol. The van der Waals surface area contributed by atoms with Crippen LogP contribution in [0.5, 0.6) is 0 Å². The summed E-state index contributed by atoms with van der Waals surface area (Å²) in [5.41, 5.74) is 0.118. The van der Waals surface area contributed by atoms with Crippen molar-refractivity contribution in [2.24, 2.45) is 5.92 Å². The summed E-state index contributed by atoms with van der Waals surface area (Å²) in [5, 5.41) is 2.83. The quantitative estimate of drug-likeness (QED) is 0.918. The lowest BCUT2D eigenvalue weighted by molar-refractivity contribution is 0.0918. The summed E-state index contributed by atoms with van der Waals surface area (Å²) in [5.74, 6) is -0.00349. The molecule has 1 aromatic carbocycles. The van der Waals surface area contributed by atoms with Gasteiger partial charge in [-0.05, 0) is 50.9 Å². The molecule has 1 aliphatic rings. The third kappa shape index (κ3) is 3.79. The molecule has 0 aromatic heterocycles. The number of hydrogen-bond acceptors (Lipinski definition) is 2. The molecule has 0 aliphatic carbocycles. The molecule has 1 N–H and O–H groups in total. The van der Waals surface area contributed by atoms with Crippen LogP contribution >= 0.6 is 0 Å². The summed E-state index contributed by atoms with van der Waals surface area (Å²) in [6.07, 6.45) is 2.43. The molecule has 0 spiro atoms. The summed E-state index contributed by atoms with van der Waals surface area (Å²) in [4.78, 5) is 14.3. The Hall–Kier alpha value is -1.42. The highest BCUT2D eigenvalue weighted by Gasteiger charge is 2.21. The minimum absolute atomic E-state index is 0.118. The maximum atomic E-state index is 13.5. The molecule has 1 amide bonds. The van der Waals surface area contributed by atoms with Crippen LogP contribution < -0.4 is 5.32 Å². The van der Waals surface area contributed by atoms with Crippen molar-refractivity contribution in [3.8, 4) is 0 Å². The number of piperidine rings is 1.